The van der Waals surface area contributed by atoms with Gasteiger partial charge in [-0.1, -0.05) is 12.1 Å². The van der Waals surface area contributed by atoms with E-state index in [0.29, 0.717) is 11.4 Å². The fraction of sp³-hybridized carbons (Fsp3) is 0.348. The summed E-state index contributed by atoms with van der Waals surface area (Å²) in [4.78, 5) is 39.0. The molecule has 2 N–H and O–H groups in total. The molecule has 10 nitrogen and oxygen atoms in total. The van der Waals surface area contributed by atoms with Crippen molar-refractivity contribution in [2.45, 2.75) is 43.2 Å². The van der Waals surface area contributed by atoms with Crippen LogP contribution in [0, 0.1) is 0 Å². The molecule has 34 heavy (non-hydrogen) atoms. The van der Waals surface area contributed by atoms with Crippen molar-refractivity contribution in [2.24, 2.45) is 0 Å². The number of carbonyl (C=O) groups is 3. The molecule has 1 atom stereocenters. The third kappa shape index (κ3) is 5.05. The van der Waals surface area contributed by atoms with E-state index in [-0.39, 0.29) is 34.6 Å². The lowest BCUT2D eigenvalue weighted by Crippen LogP contribution is -2.41. The summed E-state index contributed by atoms with van der Waals surface area (Å²) in [6.07, 6.45) is 1.59. The predicted molar refractivity (Wildman–Crippen MR) is 123 cm³/mol. The lowest BCUT2D eigenvalue weighted by molar-refractivity contribution is -0.122. The maximum absolute atomic E-state index is 13.0. The van der Waals surface area contributed by atoms with Gasteiger partial charge in [0.25, 0.3) is 5.91 Å². The van der Waals surface area contributed by atoms with Crippen molar-refractivity contribution in [3.63, 3.8) is 0 Å². The molecule has 0 aromatic heterocycles. The van der Waals surface area contributed by atoms with Crippen molar-refractivity contribution in [2.75, 3.05) is 23.9 Å². The van der Waals surface area contributed by atoms with Crippen LogP contribution in [-0.4, -0.2) is 52.0 Å². The maximum Gasteiger partial charge on any atom is 0.338 e. The fourth-order valence-electron chi connectivity index (χ4n) is 3.75. The number of anilines is 2. The summed E-state index contributed by atoms with van der Waals surface area (Å²) in [7, 11) is -2.56. The molecule has 1 unspecified atom stereocenters. The standard InChI is InChI=1S/C23H25N3O7S/c1-14-11-21(27)24-17-5-3-4-6-18(17)26(14)22(28)13-33-23(29)15-7-10-19(32-2)20(12-15)34(30,31)25-16-8-9-16/h3-7,10,12,14,16,25H,8-9,11,13H2,1-2H3,(H,24,27). The number of methoxy groups -OCH3 is 1. The predicted octanol–water partition coefficient (Wildman–Crippen LogP) is 2.06. The van der Waals surface area contributed by atoms with Crippen LogP contribution in [0.2, 0.25) is 0 Å². The van der Waals surface area contributed by atoms with Crippen LogP contribution in [-0.2, 0) is 24.3 Å². The first-order valence-corrected chi connectivity index (χ1v) is 12.3. The van der Waals surface area contributed by atoms with Crippen molar-refractivity contribution >= 4 is 39.2 Å². The number of nitrogens with one attached hydrogen (secondary N) is 2. The van der Waals surface area contributed by atoms with Gasteiger partial charge in [-0.3, -0.25) is 9.59 Å². The SMILES string of the molecule is COc1ccc(C(=O)OCC(=O)N2c3ccccc3NC(=O)CC2C)cc1S(=O)(=O)NC1CC1. The minimum absolute atomic E-state index is 0.0362. The van der Waals surface area contributed by atoms with Gasteiger partial charge in [-0.25, -0.2) is 17.9 Å². The molecular formula is C23H25N3O7S. The van der Waals surface area contributed by atoms with Crippen molar-refractivity contribution < 1.29 is 32.3 Å². The summed E-state index contributed by atoms with van der Waals surface area (Å²) in [5.74, 6) is -1.50. The second-order valence-electron chi connectivity index (χ2n) is 8.22. The number of esters is 1. The topological polar surface area (TPSA) is 131 Å². The highest BCUT2D eigenvalue weighted by Crippen LogP contribution is 2.32. The number of rotatable bonds is 7. The van der Waals surface area contributed by atoms with E-state index in [1.54, 1.807) is 31.2 Å². The highest BCUT2D eigenvalue weighted by atomic mass is 32.2. The Morgan fingerprint density at radius 1 is 1.18 bits per heavy atom. The van der Waals surface area contributed by atoms with E-state index >= 15 is 0 Å². The first-order chi connectivity index (χ1) is 16.2. The Morgan fingerprint density at radius 2 is 1.91 bits per heavy atom. The summed E-state index contributed by atoms with van der Waals surface area (Å²) < 4.78 is 38.3. The molecule has 2 aliphatic rings. The van der Waals surface area contributed by atoms with Gasteiger partial charge >= 0.3 is 5.97 Å². The minimum atomic E-state index is -3.89. The minimum Gasteiger partial charge on any atom is -0.495 e. The number of hydrogen-bond donors (Lipinski definition) is 2. The van der Waals surface area contributed by atoms with E-state index in [4.69, 9.17) is 9.47 Å². The Morgan fingerprint density at radius 3 is 2.62 bits per heavy atom. The van der Waals surface area contributed by atoms with Gasteiger partial charge in [0.2, 0.25) is 15.9 Å². The molecule has 0 saturated heterocycles. The van der Waals surface area contributed by atoms with E-state index in [0.717, 1.165) is 12.8 Å². The number of para-hydroxylation sites is 2. The molecule has 2 amide bonds. The molecule has 4 rings (SSSR count). The van der Waals surface area contributed by atoms with E-state index in [2.05, 4.69) is 10.0 Å². The van der Waals surface area contributed by atoms with Crippen LogP contribution in [0.15, 0.2) is 47.4 Å². The molecule has 2 aromatic rings. The zero-order chi connectivity index (χ0) is 24.5. The number of benzene rings is 2. The molecule has 1 aliphatic carbocycles. The second kappa shape index (κ2) is 9.43. The lowest BCUT2D eigenvalue weighted by atomic mass is 10.1. The first-order valence-electron chi connectivity index (χ1n) is 10.8. The van der Waals surface area contributed by atoms with Crippen LogP contribution in [0.5, 0.6) is 5.75 Å². The highest BCUT2D eigenvalue weighted by Gasteiger charge is 2.32. The fourth-order valence-corrected chi connectivity index (χ4v) is 5.25. The van der Waals surface area contributed by atoms with Gasteiger partial charge in [-0.15, -0.1) is 0 Å². The van der Waals surface area contributed by atoms with Gasteiger partial charge in [0.05, 0.1) is 24.0 Å². The smallest absolute Gasteiger partial charge is 0.338 e. The summed E-state index contributed by atoms with van der Waals surface area (Å²) in [6, 6.07) is 10.2. The number of carbonyl (C=O) groups excluding carboxylic acids is 3. The van der Waals surface area contributed by atoms with Gasteiger partial charge in [-0.05, 0) is 50.1 Å². The van der Waals surface area contributed by atoms with Gasteiger partial charge in [0, 0.05) is 18.5 Å². The number of ether oxygens (including phenoxy) is 2. The Bertz CT molecular complexity index is 1240. The normalized spacial score (nSPS) is 17.9. The summed E-state index contributed by atoms with van der Waals surface area (Å²) in [6.45, 7) is 1.15. The van der Waals surface area contributed by atoms with Crippen molar-refractivity contribution in [3.8, 4) is 5.75 Å². The van der Waals surface area contributed by atoms with E-state index < -0.39 is 34.5 Å². The Kier molecular flexibility index (Phi) is 6.58. The molecule has 2 aromatic carbocycles. The van der Waals surface area contributed by atoms with Crippen LogP contribution in [0.1, 0.15) is 36.5 Å². The maximum atomic E-state index is 13.0. The summed E-state index contributed by atoms with van der Waals surface area (Å²) in [5, 5.41) is 2.76. The molecule has 0 radical (unpaired) electrons. The molecule has 1 saturated carbocycles. The lowest BCUT2D eigenvalue weighted by Gasteiger charge is -2.27. The van der Waals surface area contributed by atoms with Crippen LogP contribution in [0.4, 0.5) is 11.4 Å². The third-order valence-electron chi connectivity index (χ3n) is 5.54. The molecular weight excluding hydrogens is 462 g/mol. The van der Waals surface area contributed by atoms with Gasteiger partial charge in [-0.2, -0.15) is 0 Å². The molecule has 1 fully saturated rings. The first kappa shape index (κ1) is 23.7. The quantitative estimate of drug-likeness (QED) is 0.572. The number of hydrogen-bond acceptors (Lipinski definition) is 7. The van der Waals surface area contributed by atoms with Crippen molar-refractivity contribution in [3.05, 3.63) is 48.0 Å². The van der Waals surface area contributed by atoms with Crippen LogP contribution in [0.25, 0.3) is 0 Å². The monoisotopic (exact) mass is 487 g/mol. The van der Waals surface area contributed by atoms with Crippen LogP contribution < -0.4 is 19.7 Å². The average Bonchev–Trinajstić information content (AvgIpc) is 3.62. The number of amides is 2. The summed E-state index contributed by atoms with van der Waals surface area (Å²) in [5.41, 5.74) is 0.960. The van der Waals surface area contributed by atoms with Crippen molar-refractivity contribution in [1.82, 2.24) is 4.72 Å². The largest absolute Gasteiger partial charge is 0.495 e. The highest BCUT2D eigenvalue weighted by molar-refractivity contribution is 7.89. The summed E-state index contributed by atoms with van der Waals surface area (Å²) >= 11 is 0. The molecule has 0 bridgehead atoms. The van der Waals surface area contributed by atoms with E-state index in [1.165, 1.54) is 30.2 Å². The number of sulfonamides is 1. The van der Waals surface area contributed by atoms with Crippen LogP contribution in [0.3, 0.4) is 0 Å². The second-order valence-corrected chi connectivity index (χ2v) is 9.90. The Hall–Kier alpha value is -3.44. The van der Waals surface area contributed by atoms with Crippen LogP contribution >= 0.6 is 0 Å². The molecule has 1 heterocycles. The zero-order valence-corrected chi connectivity index (χ0v) is 19.6. The Balaban J connectivity index is 1.51. The average molecular weight is 488 g/mol. The van der Waals surface area contributed by atoms with E-state index in [9.17, 15) is 22.8 Å². The van der Waals surface area contributed by atoms with Crippen molar-refractivity contribution in [1.29, 1.82) is 0 Å². The van der Waals surface area contributed by atoms with Gasteiger partial charge in [0.15, 0.2) is 6.61 Å². The number of nitrogens with zero attached hydrogens (tertiary/aromatic N) is 1. The van der Waals surface area contributed by atoms with Gasteiger partial charge < -0.3 is 19.7 Å². The molecule has 1 aliphatic heterocycles. The van der Waals surface area contributed by atoms with E-state index in [1.807, 2.05) is 0 Å². The molecule has 180 valence electrons. The molecule has 0 spiro atoms. The zero-order valence-electron chi connectivity index (χ0n) is 18.7. The third-order valence-corrected chi connectivity index (χ3v) is 7.08. The number of fused-ring (bicyclic) bond motifs is 1. The van der Waals surface area contributed by atoms with Gasteiger partial charge in [0.1, 0.15) is 10.6 Å². The Labute approximate surface area is 197 Å². The molecule has 11 heteroatoms.